The summed E-state index contributed by atoms with van der Waals surface area (Å²) in [7, 11) is 18.8. The molecule has 2 fully saturated rings. The highest BCUT2D eigenvalue weighted by Gasteiger charge is 2.52. The van der Waals surface area contributed by atoms with Gasteiger partial charge < -0.3 is 75.8 Å². The van der Waals surface area contributed by atoms with Crippen LogP contribution in [-0.2, 0) is 75.8 Å². The summed E-state index contributed by atoms with van der Waals surface area (Å²) in [5.74, 6) is 0. The zero-order valence-electron chi connectivity index (χ0n) is 29.4. The molecule has 2 aliphatic heterocycles. The fourth-order valence-electron chi connectivity index (χ4n) is 6.18. The standard InChI is InChI=1S/C30H58O16/c1-31-13-17(34-4)21(36-6)24(18(35-5)14-32-2)46-30-28(42-12)26(40-10)23(38-8)20(45-30)16-43-29-27(41-11)25(39-9)22(37-7)19(44-29)15-33-3/h17-30H,13-16H2,1-12H3/t17-,18+,19+,20+,21+,22-,23-,24+,25-,26-,27+,28+,29+,30-/m0/s1. The lowest BCUT2D eigenvalue weighted by atomic mass is 9.97. The van der Waals surface area contributed by atoms with Gasteiger partial charge in [0.25, 0.3) is 0 Å². The van der Waals surface area contributed by atoms with E-state index >= 15 is 0 Å². The Morgan fingerprint density at radius 3 is 1.28 bits per heavy atom. The number of hydrogen-bond acceptors (Lipinski definition) is 16. The Balaban J connectivity index is 2.41. The minimum Gasteiger partial charge on any atom is -0.382 e. The first-order chi connectivity index (χ1) is 22.3. The lowest BCUT2D eigenvalue weighted by Gasteiger charge is -2.48. The Kier molecular flexibility index (Phi) is 20.0. The molecule has 2 heterocycles. The van der Waals surface area contributed by atoms with E-state index in [1.54, 1.807) is 85.3 Å². The maximum absolute atomic E-state index is 6.67. The van der Waals surface area contributed by atoms with Crippen LogP contribution in [0.1, 0.15) is 0 Å². The van der Waals surface area contributed by atoms with Crippen molar-refractivity contribution in [2.75, 3.05) is 112 Å². The minimum absolute atomic E-state index is 0.00148. The van der Waals surface area contributed by atoms with E-state index in [4.69, 9.17) is 75.8 Å². The predicted molar refractivity (Wildman–Crippen MR) is 161 cm³/mol. The van der Waals surface area contributed by atoms with Gasteiger partial charge in [-0.05, 0) is 0 Å². The van der Waals surface area contributed by atoms with Crippen molar-refractivity contribution < 1.29 is 75.8 Å². The van der Waals surface area contributed by atoms with E-state index in [2.05, 4.69) is 0 Å². The maximum atomic E-state index is 6.67. The summed E-state index contributed by atoms with van der Waals surface area (Å²) in [6, 6.07) is 0. The Morgan fingerprint density at radius 2 is 0.870 bits per heavy atom. The molecular formula is C30H58O16. The predicted octanol–water partition coefficient (Wildman–Crippen LogP) is -0.0878. The van der Waals surface area contributed by atoms with Crippen molar-refractivity contribution >= 4 is 0 Å². The number of ether oxygens (including phenoxy) is 16. The lowest BCUT2D eigenvalue weighted by Crippen LogP contribution is -2.64. The van der Waals surface area contributed by atoms with Gasteiger partial charge in [0, 0.05) is 85.3 Å². The quantitative estimate of drug-likeness (QED) is 0.142. The van der Waals surface area contributed by atoms with Crippen LogP contribution in [-0.4, -0.2) is 198 Å². The van der Waals surface area contributed by atoms with E-state index in [9.17, 15) is 0 Å². The fourth-order valence-corrected chi connectivity index (χ4v) is 6.18. The van der Waals surface area contributed by atoms with Crippen LogP contribution >= 0.6 is 0 Å². The van der Waals surface area contributed by atoms with Crippen molar-refractivity contribution in [3.05, 3.63) is 0 Å². The highest BCUT2D eigenvalue weighted by molar-refractivity contribution is 4.96. The zero-order valence-corrected chi connectivity index (χ0v) is 29.4. The van der Waals surface area contributed by atoms with Crippen molar-refractivity contribution in [1.82, 2.24) is 0 Å². The van der Waals surface area contributed by atoms with Crippen LogP contribution in [0.4, 0.5) is 0 Å². The van der Waals surface area contributed by atoms with E-state index in [0.29, 0.717) is 0 Å². The Bertz CT molecular complexity index is 781. The van der Waals surface area contributed by atoms with Crippen molar-refractivity contribution in [1.29, 1.82) is 0 Å². The molecule has 0 aliphatic carbocycles. The molecule has 0 radical (unpaired) electrons. The first-order valence-electron chi connectivity index (χ1n) is 15.1. The normalized spacial score (nSPS) is 34.7. The van der Waals surface area contributed by atoms with E-state index < -0.39 is 85.8 Å². The van der Waals surface area contributed by atoms with Crippen LogP contribution in [0.2, 0.25) is 0 Å². The molecule has 0 aromatic rings. The van der Waals surface area contributed by atoms with Crippen LogP contribution < -0.4 is 0 Å². The molecule has 0 aromatic carbocycles. The van der Waals surface area contributed by atoms with Crippen molar-refractivity contribution in [3.8, 4) is 0 Å². The number of rotatable bonds is 23. The van der Waals surface area contributed by atoms with Gasteiger partial charge in [0.2, 0.25) is 0 Å². The van der Waals surface area contributed by atoms with Crippen LogP contribution in [0, 0.1) is 0 Å². The SMILES string of the molecule is COC[C@H](OC)[C@@H](OC)[C@H](O[C@@H]1O[C@H](CO[C@@H]2O[C@H](COC)[C@H](OC)[C@H](OC)[C@H]2OC)[C@H](OC)[C@H](OC)[C@H]1OC)[C@@H](COC)OC. The fraction of sp³-hybridized carbons (Fsp3) is 1.00. The van der Waals surface area contributed by atoms with Gasteiger partial charge in [-0.15, -0.1) is 0 Å². The summed E-state index contributed by atoms with van der Waals surface area (Å²) in [4.78, 5) is 0. The average molecular weight is 675 g/mol. The summed E-state index contributed by atoms with van der Waals surface area (Å²) in [6.07, 6.45) is -9.11. The van der Waals surface area contributed by atoms with Gasteiger partial charge in [0.15, 0.2) is 12.6 Å². The average Bonchev–Trinajstić information content (AvgIpc) is 3.07. The van der Waals surface area contributed by atoms with Crippen molar-refractivity contribution in [3.63, 3.8) is 0 Å². The van der Waals surface area contributed by atoms with E-state index in [0.717, 1.165) is 0 Å². The number of hydrogen-bond donors (Lipinski definition) is 0. The molecule has 2 rings (SSSR count). The third-order valence-electron chi connectivity index (χ3n) is 8.46. The second-order valence-corrected chi connectivity index (χ2v) is 10.8. The second kappa shape index (κ2) is 22.2. The molecule has 2 aliphatic rings. The first kappa shape index (κ1) is 41.5. The van der Waals surface area contributed by atoms with Crippen molar-refractivity contribution in [2.24, 2.45) is 0 Å². The first-order valence-corrected chi connectivity index (χ1v) is 15.1. The van der Waals surface area contributed by atoms with E-state index in [1.807, 2.05) is 0 Å². The van der Waals surface area contributed by atoms with Crippen LogP contribution in [0.25, 0.3) is 0 Å². The molecule has 14 atom stereocenters. The molecule has 274 valence electrons. The molecule has 0 amide bonds. The Labute approximate surface area is 273 Å². The lowest BCUT2D eigenvalue weighted by molar-refractivity contribution is -0.353. The number of methoxy groups -OCH3 is 12. The molecular weight excluding hydrogens is 616 g/mol. The summed E-state index contributed by atoms with van der Waals surface area (Å²) in [5.41, 5.74) is 0. The molecule has 0 unspecified atom stereocenters. The van der Waals surface area contributed by atoms with Gasteiger partial charge in [0.1, 0.15) is 73.2 Å². The van der Waals surface area contributed by atoms with Gasteiger partial charge in [-0.2, -0.15) is 0 Å². The van der Waals surface area contributed by atoms with Crippen molar-refractivity contribution in [2.45, 2.75) is 85.8 Å². The smallest absolute Gasteiger partial charge is 0.187 e. The molecule has 0 saturated carbocycles. The molecule has 16 heteroatoms. The summed E-state index contributed by atoms with van der Waals surface area (Å²) in [5, 5.41) is 0. The largest absolute Gasteiger partial charge is 0.382 e. The molecule has 0 bridgehead atoms. The van der Waals surface area contributed by atoms with Crippen LogP contribution in [0.5, 0.6) is 0 Å². The van der Waals surface area contributed by atoms with Crippen LogP contribution in [0.3, 0.4) is 0 Å². The topological polar surface area (TPSA) is 148 Å². The Hall–Kier alpha value is -0.640. The summed E-state index contributed by atoms with van der Waals surface area (Å²) in [6.45, 7) is 0.682. The van der Waals surface area contributed by atoms with E-state index in [-0.39, 0.29) is 26.4 Å². The van der Waals surface area contributed by atoms with Gasteiger partial charge in [-0.1, -0.05) is 0 Å². The summed E-state index contributed by atoms with van der Waals surface area (Å²) < 4.78 is 94.3. The molecule has 2 saturated heterocycles. The molecule has 46 heavy (non-hydrogen) atoms. The molecule has 0 aromatic heterocycles. The second-order valence-electron chi connectivity index (χ2n) is 10.8. The zero-order chi connectivity index (χ0) is 34.2. The third kappa shape index (κ3) is 10.2. The monoisotopic (exact) mass is 674 g/mol. The third-order valence-corrected chi connectivity index (χ3v) is 8.46. The van der Waals surface area contributed by atoms with Gasteiger partial charge >= 0.3 is 0 Å². The maximum Gasteiger partial charge on any atom is 0.187 e. The highest BCUT2D eigenvalue weighted by Crippen LogP contribution is 2.33. The minimum atomic E-state index is -0.997. The van der Waals surface area contributed by atoms with Gasteiger partial charge in [0.05, 0.1) is 26.4 Å². The van der Waals surface area contributed by atoms with Gasteiger partial charge in [-0.25, -0.2) is 0 Å². The highest BCUT2D eigenvalue weighted by atomic mass is 16.8. The molecule has 16 nitrogen and oxygen atoms in total. The van der Waals surface area contributed by atoms with Crippen LogP contribution in [0.15, 0.2) is 0 Å². The van der Waals surface area contributed by atoms with E-state index in [1.165, 1.54) is 0 Å². The summed E-state index contributed by atoms with van der Waals surface area (Å²) >= 11 is 0. The van der Waals surface area contributed by atoms with Gasteiger partial charge in [-0.3, -0.25) is 0 Å². The molecule has 0 spiro atoms. The molecule has 0 N–H and O–H groups in total. The Morgan fingerprint density at radius 1 is 0.435 bits per heavy atom.